The van der Waals surface area contributed by atoms with Gasteiger partial charge in [-0.3, -0.25) is 0 Å². The lowest BCUT2D eigenvalue weighted by Crippen LogP contribution is -2.39. The molecule has 3 nitrogen and oxygen atoms in total. The number of nitrogens with zero attached hydrogens (tertiary/aromatic N) is 1. The summed E-state index contributed by atoms with van der Waals surface area (Å²) < 4.78 is 11.9. The van der Waals surface area contributed by atoms with Gasteiger partial charge in [-0.25, -0.2) is 0 Å². The van der Waals surface area contributed by atoms with Crippen molar-refractivity contribution < 1.29 is 8.85 Å². The lowest BCUT2D eigenvalue weighted by Gasteiger charge is -2.27. The molecule has 0 aliphatic rings. The molecule has 0 aliphatic heterocycles. The monoisotopic (exact) mass is 247 g/mol. The third-order valence-corrected chi connectivity index (χ3v) is 5.35. The van der Waals surface area contributed by atoms with Gasteiger partial charge in [0.15, 0.2) is 0 Å². The van der Waals surface area contributed by atoms with E-state index < -0.39 is 8.56 Å². The quantitative estimate of drug-likeness (QED) is 0.554. The van der Waals surface area contributed by atoms with Gasteiger partial charge in [-0.1, -0.05) is 13.8 Å². The van der Waals surface area contributed by atoms with Crippen molar-refractivity contribution in [2.75, 3.05) is 33.9 Å². The van der Waals surface area contributed by atoms with E-state index in [2.05, 4.69) is 39.4 Å². The summed E-state index contributed by atoms with van der Waals surface area (Å²) in [6.45, 7) is 9.30. The highest BCUT2D eigenvalue weighted by atomic mass is 28.4. The summed E-state index contributed by atoms with van der Waals surface area (Å²) in [5.74, 6) is 0. The highest BCUT2D eigenvalue weighted by molar-refractivity contribution is 6.66. The topological polar surface area (TPSA) is 21.7 Å². The van der Waals surface area contributed by atoms with Gasteiger partial charge in [-0.2, -0.15) is 0 Å². The normalized spacial score (nSPS) is 12.4. The van der Waals surface area contributed by atoms with E-state index in [4.69, 9.17) is 8.85 Å². The van der Waals surface area contributed by atoms with Crippen molar-refractivity contribution in [3.05, 3.63) is 0 Å². The Hall–Kier alpha value is 0.0969. The van der Waals surface area contributed by atoms with Crippen LogP contribution in [-0.2, 0) is 8.85 Å². The molecule has 0 aromatic heterocycles. The van der Waals surface area contributed by atoms with Crippen molar-refractivity contribution >= 4 is 8.56 Å². The van der Waals surface area contributed by atoms with Crippen molar-refractivity contribution in [1.82, 2.24) is 4.90 Å². The molecule has 0 atom stereocenters. The average molecular weight is 247 g/mol. The lowest BCUT2D eigenvalue weighted by atomic mass is 10.5. The Morgan fingerprint density at radius 1 is 1.00 bits per heavy atom. The van der Waals surface area contributed by atoms with Gasteiger partial charge >= 0.3 is 8.56 Å². The van der Waals surface area contributed by atoms with Crippen LogP contribution >= 0.6 is 0 Å². The van der Waals surface area contributed by atoms with Gasteiger partial charge in [0, 0.05) is 13.2 Å². The highest BCUT2D eigenvalue weighted by Crippen LogP contribution is 2.16. The standard InChI is InChI=1S/C12H29NO2Si/c1-6-10-14-16(5,15-11-7-2)12-8-9-13(3)4/h6-12H2,1-5H3. The van der Waals surface area contributed by atoms with Crippen molar-refractivity contribution in [2.24, 2.45) is 0 Å². The molecule has 16 heavy (non-hydrogen) atoms. The fourth-order valence-electron chi connectivity index (χ4n) is 1.54. The molecule has 0 radical (unpaired) electrons. The molecule has 4 heteroatoms. The third-order valence-electron chi connectivity index (χ3n) is 2.46. The molecule has 0 saturated heterocycles. The van der Waals surface area contributed by atoms with Crippen molar-refractivity contribution in [3.8, 4) is 0 Å². The SMILES string of the molecule is CCCO[Si](C)(CCCN(C)C)OCCC. The first-order chi connectivity index (χ1) is 7.54. The molecule has 0 spiro atoms. The number of hydrogen-bond acceptors (Lipinski definition) is 3. The maximum Gasteiger partial charge on any atom is 0.334 e. The predicted molar refractivity (Wildman–Crippen MR) is 72.1 cm³/mol. The molecule has 98 valence electrons. The largest absolute Gasteiger partial charge is 0.394 e. The van der Waals surface area contributed by atoms with Crippen LogP contribution in [-0.4, -0.2) is 47.3 Å². The van der Waals surface area contributed by atoms with E-state index in [1.165, 1.54) is 6.42 Å². The Bertz CT molecular complexity index is 157. The summed E-state index contributed by atoms with van der Waals surface area (Å²) in [5, 5.41) is 0. The Balaban J connectivity index is 3.96. The van der Waals surface area contributed by atoms with Gasteiger partial charge in [0.1, 0.15) is 0 Å². The molecule has 0 amide bonds. The maximum atomic E-state index is 5.96. The molecule has 0 aromatic carbocycles. The van der Waals surface area contributed by atoms with Gasteiger partial charge in [0.2, 0.25) is 0 Å². The number of hydrogen-bond donors (Lipinski definition) is 0. The van der Waals surface area contributed by atoms with Gasteiger partial charge in [-0.05, 0) is 52.5 Å². The van der Waals surface area contributed by atoms with Crippen molar-refractivity contribution in [2.45, 2.75) is 45.7 Å². The first-order valence-electron chi connectivity index (χ1n) is 6.46. The predicted octanol–water partition coefficient (Wildman–Crippen LogP) is 2.86. The molecule has 0 saturated carbocycles. The molecule has 0 bridgehead atoms. The van der Waals surface area contributed by atoms with Gasteiger partial charge in [0.05, 0.1) is 0 Å². The van der Waals surface area contributed by atoms with Crippen LogP contribution in [0.15, 0.2) is 0 Å². The molecule has 0 unspecified atom stereocenters. The van der Waals surface area contributed by atoms with Crippen molar-refractivity contribution in [3.63, 3.8) is 0 Å². The Morgan fingerprint density at radius 2 is 1.50 bits per heavy atom. The summed E-state index contributed by atoms with van der Waals surface area (Å²) in [6, 6.07) is 1.10. The highest BCUT2D eigenvalue weighted by Gasteiger charge is 2.30. The summed E-state index contributed by atoms with van der Waals surface area (Å²) in [4.78, 5) is 2.22. The second kappa shape index (κ2) is 9.16. The Morgan fingerprint density at radius 3 is 1.88 bits per heavy atom. The lowest BCUT2D eigenvalue weighted by molar-refractivity contribution is 0.171. The van der Waals surface area contributed by atoms with E-state index in [1.54, 1.807) is 0 Å². The minimum atomic E-state index is -1.88. The molecular formula is C12H29NO2Si. The molecule has 0 aromatic rings. The maximum absolute atomic E-state index is 5.96. The van der Waals surface area contributed by atoms with E-state index in [0.29, 0.717) is 0 Å². The average Bonchev–Trinajstić information content (AvgIpc) is 2.23. The van der Waals surface area contributed by atoms with E-state index in [-0.39, 0.29) is 0 Å². The molecule has 0 aliphatic carbocycles. The first kappa shape index (κ1) is 16.1. The van der Waals surface area contributed by atoms with Crippen LogP contribution in [0.4, 0.5) is 0 Å². The van der Waals surface area contributed by atoms with Crippen LogP contribution in [0, 0.1) is 0 Å². The van der Waals surface area contributed by atoms with E-state index in [0.717, 1.165) is 38.6 Å². The zero-order chi connectivity index (χ0) is 12.4. The zero-order valence-electron chi connectivity index (χ0n) is 11.7. The second-order valence-electron chi connectivity index (χ2n) is 4.74. The van der Waals surface area contributed by atoms with Gasteiger partial charge in [0.25, 0.3) is 0 Å². The van der Waals surface area contributed by atoms with Gasteiger partial charge in [-0.15, -0.1) is 0 Å². The fraction of sp³-hybridized carbons (Fsp3) is 1.00. The van der Waals surface area contributed by atoms with Crippen LogP contribution in [0.2, 0.25) is 12.6 Å². The van der Waals surface area contributed by atoms with Crippen molar-refractivity contribution in [1.29, 1.82) is 0 Å². The van der Waals surface area contributed by atoms with Crippen LogP contribution < -0.4 is 0 Å². The molecule has 0 rings (SSSR count). The summed E-state index contributed by atoms with van der Waals surface area (Å²) in [6.07, 6.45) is 3.32. The second-order valence-corrected chi connectivity index (χ2v) is 8.08. The molecule has 0 heterocycles. The third kappa shape index (κ3) is 8.27. The van der Waals surface area contributed by atoms with Crippen LogP contribution in [0.5, 0.6) is 0 Å². The molecule has 0 fully saturated rings. The van der Waals surface area contributed by atoms with Crippen LogP contribution in [0.1, 0.15) is 33.1 Å². The van der Waals surface area contributed by atoms with E-state index in [1.807, 2.05) is 0 Å². The summed E-state index contributed by atoms with van der Waals surface area (Å²) in [7, 11) is 2.33. The van der Waals surface area contributed by atoms with Crippen LogP contribution in [0.25, 0.3) is 0 Å². The molecular weight excluding hydrogens is 218 g/mol. The zero-order valence-corrected chi connectivity index (χ0v) is 12.7. The number of rotatable bonds is 10. The molecule has 0 N–H and O–H groups in total. The summed E-state index contributed by atoms with van der Waals surface area (Å²) >= 11 is 0. The smallest absolute Gasteiger partial charge is 0.334 e. The minimum Gasteiger partial charge on any atom is -0.394 e. The Kier molecular flexibility index (Phi) is 9.22. The Labute approximate surface area is 102 Å². The van der Waals surface area contributed by atoms with E-state index >= 15 is 0 Å². The van der Waals surface area contributed by atoms with Crippen LogP contribution in [0.3, 0.4) is 0 Å². The first-order valence-corrected chi connectivity index (χ1v) is 8.99. The minimum absolute atomic E-state index is 0.842. The van der Waals surface area contributed by atoms with E-state index in [9.17, 15) is 0 Å². The summed E-state index contributed by atoms with van der Waals surface area (Å²) in [5.41, 5.74) is 0. The van der Waals surface area contributed by atoms with Gasteiger partial charge < -0.3 is 13.8 Å². The fourth-order valence-corrected chi connectivity index (χ4v) is 3.98.